The van der Waals surface area contributed by atoms with Crippen LogP contribution < -0.4 is 41.4 Å². The van der Waals surface area contributed by atoms with E-state index in [2.05, 4.69) is 73.5 Å². The summed E-state index contributed by atoms with van der Waals surface area (Å²) in [5, 5.41) is 16.4. The highest BCUT2D eigenvalue weighted by Crippen LogP contribution is 2.32. The first-order valence-corrected chi connectivity index (χ1v) is 23.1. The van der Waals surface area contributed by atoms with E-state index in [0.717, 1.165) is 44.2 Å². The summed E-state index contributed by atoms with van der Waals surface area (Å²) in [5.74, 6) is -0.749. The number of nitrogens with zero attached hydrogens (tertiary/aromatic N) is 9. The zero-order valence-electron chi connectivity index (χ0n) is 36.0. The highest BCUT2D eigenvalue weighted by Gasteiger charge is 2.35. The van der Waals surface area contributed by atoms with Crippen molar-refractivity contribution in [1.82, 2.24) is 49.3 Å². The maximum Gasteiger partial charge on any atom is 0.256 e. The minimum absolute atomic E-state index is 0.000828. The molecule has 0 radical (unpaired) electrons. The van der Waals surface area contributed by atoms with Crippen LogP contribution in [-0.4, -0.2) is 98.5 Å². The molecule has 24 heteroatoms. The molecule has 6 aromatic rings. The van der Waals surface area contributed by atoms with E-state index >= 15 is 0 Å². The third kappa shape index (κ3) is 11.3. The van der Waals surface area contributed by atoms with Crippen molar-refractivity contribution in [3.8, 4) is 5.88 Å². The van der Waals surface area contributed by atoms with Crippen LogP contribution in [-0.2, 0) is 28.4 Å². The number of halogens is 3. The van der Waals surface area contributed by atoms with Crippen LogP contribution in [0.3, 0.4) is 0 Å². The molecule has 2 aromatic carbocycles. The molecule has 0 bridgehead atoms. The average Bonchev–Trinajstić information content (AvgIpc) is 3.99. The largest absolute Gasteiger partial charge is 0.478 e. The van der Waals surface area contributed by atoms with Crippen molar-refractivity contribution >= 4 is 89.5 Å². The van der Waals surface area contributed by atoms with Gasteiger partial charge in [0, 0.05) is 38.6 Å². The number of amides is 2. The van der Waals surface area contributed by atoms with Gasteiger partial charge < -0.3 is 41.2 Å². The number of unbranched alkanes of at least 4 members (excludes halogenated alkanes) is 5. The molecule has 1 aliphatic rings. The maximum absolute atomic E-state index is 14.9. The second-order valence-electron chi connectivity index (χ2n) is 15.3. The van der Waals surface area contributed by atoms with Crippen molar-refractivity contribution in [2.45, 2.75) is 62.2 Å². The molecular weight excluding hydrogens is 945 g/mol. The lowest BCUT2D eigenvalue weighted by molar-refractivity contribution is -0.117. The van der Waals surface area contributed by atoms with E-state index in [1.54, 1.807) is 39.7 Å². The van der Waals surface area contributed by atoms with Gasteiger partial charge in [-0.2, -0.15) is 15.0 Å². The quantitative estimate of drug-likeness (QED) is 0.0351. The molecule has 1 aliphatic heterocycles. The van der Waals surface area contributed by atoms with Crippen LogP contribution in [0.25, 0.3) is 11.2 Å². The second kappa shape index (κ2) is 21.0. The number of methoxy groups -OCH3 is 1. The molecule has 20 nitrogen and oxygen atoms in total. The molecule has 5 heterocycles. The number of benzene rings is 2. The number of hydrogen-bond acceptors (Lipinski definition) is 15. The van der Waals surface area contributed by atoms with Gasteiger partial charge in [0.05, 0.1) is 52.8 Å². The molecule has 7 rings (SSSR count). The number of rotatable bonds is 22. The summed E-state index contributed by atoms with van der Waals surface area (Å²) in [6, 6.07) is 9.41. The Kier molecular flexibility index (Phi) is 15.0. The van der Waals surface area contributed by atoms with Gasteiger partial charge in [-0.1, -0.05) is 38.3 Å². The Balaban J connectivity index is 0.839. The molecule has 66 heavy (non-hydrogen) atoms. The van der Waals surface area contributed by atoms with Gasteiger partial charge in [0.1, 0.15) is 23.5 Å². The van der Waals surface area contributed by atoms with Gasteiger partial charge in [-0.05, 0) is 71.2 Å². The third-order valence-electron chi connectivity index (χ3n) is 10.6. The highest BCUT2D eigenvalue weighted by molar-refractivity contribution is 9.10. The maximum atomic E-state index is 14.9. The molecule has 2 atom stereocenters. The first-order valence-electron chi connectivity index (χ1n) is 20.9. The number of aromatic nitrogens is 8. The normalized spacial score (nSPS) is 14.9. The van der Waals surface area contributed by atoms with E-state index in [4.69, 9.17) is 15.5 Å². The molecule has 348 valence electrons. The fourth-order valence-electron chi connectivity index (χ4n) is 7.17. The summed E-state index contributed by atoms with van der Waals surface area (Å²) in [6.45, 7) is 4.54. The molecule has 0 spiro atoms. The van der Waals surface area contributed by atoms with E-state index < -0.39 is 39.9 Å². The number of primary amides is 1. The Morgan fingerprint density at radius 3 is 2.45 bits per heavy atom. The molecule has 7 N–H and O–H groups in total. The number of carbonyl (C=O) groups excluding carboxylic acids is 2. The van der Waals surface area contributed by atoms with Crippen molar-refractivity contribution in [3.05, 3.63) is 89.7 Å². The lowest BCUT2D eigenvalue weighted by atomic mass is 10.1. The van der Waals surface area contributed by atoms with E-state index in [-0.39, 0.29) is 53.5 Å². The van der Waals surface area contributed by atoms with Crippen LogP contribution in [0.15, 0.2) is 83.2 Å². The average molecular weight is 993 g/mol. The van der Waals surface area contributed by atoms with Crippen LogP contribution >= 0.6 is 15.9 Å². The predicted octanol–water partition coefficient (Wildman–Crippen LogP) is 5.74. The van der Waals surface area contributed by atoms with Crippen molar-refractivity contribution in [1.29, 1.82) is 0 Å². The van der Waals surface area contributed by atoms with Crippen molar-refractivity contribution < 1.29 is 31.5 Å². The monoisotopic (exact) mass is 991 g/mol. The summed E-state index contributed by atoms with van der Waals surface area (Å²) in [6.07, 6.45) is 9.89. The van der Waals surface area contributed by atoms with Crippen LogP contribution in [0.5, 0.6) is 5.88 Å². The van der Waals surface area contributed by atoms with E-state index in [0.29, 0.717) is 51.7 Å². The van der Waals surface area contributed by atoms with Crippen molar-refractivity contribution in [2.75, 3.05) is 47.6 Å². The molecule has 2 amide bonds. The first-order chi connectivity index (χ1) is 31.7. The summed E-state index contributed by atoms with van der Waals surface area (Å²) < 4.78 is 67.4. The number of anilines is 7. The molecular formula is C42H48BrF2N15O5S. The summed E-state index contributed by atoms with van der Waals surface area (Å²) in [5.41, 5.74) is 7.30. The van der Waals surface area contributed by atoms with Gasteiger partial charge in [0.25, 0.3) is 11.8 Å². The zero-order chi connectivity index (χ0) is 47.0. The number of nitrogens with one attached hydrogen (secondary N) is 5. The lowest BCUT2D eigenvalue weighted by Crippen LogP contribution is -2.40. The Morgan fingerprint density at radius 2 is 1.71 bits per heavy atom. The number of alkyl halides is 1. The molecule has 4 aromatic heterocycles. The predicted molar refractivity (Wildman–Crippen MR) is 248 cm³/mol. The second-order valence-corrected chi connectivity index (χ2v) is 17.9. The summed E-state index contributed by atoms with van der Waals surface area (Å²) >= 11 is 3.34. The van der Waals surface area contributed by atoms with E-state index in [9.17, 15) is 26.8 Å². The van der Waals surface area contributed by atoms with Crippen LogP contribution in [0.4, 0.5) is 49.4 Å². The van der Waals surface area contributed by atoms with Crippen LogP contribution in [0.2, 0.25) is 0 Å². The summed E-state index contributed by atoms with van der Waals surface area (Å²) in [4.78, 5) is 47.9. The number of carbonyl (C=O) groups is 2. The standard InChI is InChI=1S/C42H48BrF2N15O5S/c1-4-33(61)51-31-22-59(21-29(31)45)42-55-38(35-39(56-42)58(2)24-48-35)53-32-23-60(57-40(32)65-3)19-10-8-6-5-7-9-18-49-66(63,64)26-16-14-25(15-17-26)50-41-47-20-27(43)37(54-41)52-30-13-11-12-28(44)34(30)36(46)62/h4,11-17,20,23-24,29,31,49H,1,5-10,18-19,21-22H2,2-3H3,(H2,46,62)(H,51,61)(H,53,55,56)(H2,47,50,52,54)/t29-,31-/m1/s1. The van der Waals surface area contributed by atoms with Gasteiger partial charge >= 0.3 is 0 Å². The number of ether oxygens (including phenoxy) is 1. The summed E-state index contributed by atoms with van der Waals surface area (Å²) in [7, 11) is -0.426. The fourth-order valence-corrected chi connectivity index (χ4v) is 8.54. The SMILES string of the molecule is C=CC(=O)N[C@@H]1CN(c2nc(Nc3cn(CCCCCCCCNS(=O)(=O)c4ccc(Nc5ncc(Br)c(Nc6cccc(F)c6C(N)=O)n5)cc4)nc3OC)c3ncn(C)c3n2)C[C@H]1F. The minimum atomic E-state index is -3.75. The van der Waals surface area contributed by atoms with E-state index in [1.807, 2.05) is 6.20 Å². The van der Waals surface area contributed by atoms with Gasteiger partial charge in [-0.25, -0.2) is 31.9 Å². The number of aryl methyl sites for hydroxylation is 2. The Hall–Kier alpha value is -6.79. The minimum Gasteiger partial charge on any atom is -0.478 e. The van der Waals surface area contributed by atoms with Crippen molar-refractivity contribution in [3.63, 3.8) is 0 Å². The number of hydrogen-bond donors (Lipinski definition) is 6. The topological polar surface area (TPSA) is 254 Å². The Bertz CT molecular complexity index is 2830. The van der Waals surface area contributed by atoms with Gasteiger partial charge in [-0.3, -0.25) is 14.3 Å². The van der Waals surface area contributed by atoms with Crippen molar-refractivity contribution in [2.24, 2.45) is 12.8 Å². The molecule has 0 saturated carbocycles. The van der Waals surface area contributed by atoms with Gasteiger partial charge in [0.2, 0.25) is 27.8 Å². The Labute approximate surface area is 387 Å². The smallest absolute Gasteiger partial charge is 0.256 e. The first kappa shape index (κ1) is 47.2. The van der Waals surface area contributed by atoms with Crippen LogP contribution in [0, 0.1) is 5.82 Å². The van der Waals surface area contributed by atoms with Crippen LogP contribution in [0.1, 0.15) is 48.9 Å². The Morgan fingerprint density at radius 1 is 0.970 bits per heavy atom. The van der Waals surface area contributed by atoms with E-state index in [1.165, 1.54) is 37.6 Å². The molecule has 1 fully saturated rings. The molecule has 0 unspecified atom stereocenters. The lowest BCUT2D eigenvalue weighted by Gasteiger charge is -2.17. The van der Waals surface area contributed by atoms with Gasteiger partial charge in [-0.15, -0.1) is 5.10 Å². The highest BCUT2D eigenvalue weighted by atomic mass is 79.9. The third-order valence-corrected chi connectivity index (χ3v) is 12.6. The molecule has 0 aliphatic carbocycles. The number of fused-ring (bicyclic) bond motifs is 1. The fraction of sp³-hybridized carbons (Fsp3) is 0.333. The number of sulfonamides is 1. The number of nitrogens with two attached hydrogens (primary N) is 1. The zero-order valence-corrected chi connectivity index (χ0v) is 38.4. The van der Waals surface area contributed by atoms with Gasteiger partial charge in [0.15, 0.2) is 17.0 Å². The number of imidazole rings is 1. The molecule has 1 saturated heterocycles.